The first kappa shape index (κ1) is 30.1. The molecule has 2 aliphatic heterocycles. The summed E-state index contributed by atoms with van der Waals surface area (Å²) in [5, 5.41) is 1.98. The van der Waals surface area contributed by atoms with E-state index in [0.29, 0.717) is 40.2 Å². The lowest BCUT2D eigenvalue weighted by molar-refractivity contribution is 0.590. The highest BCUT2D eigenvalue weighted by Gasteiger charge is 2.27. The molecule has 0 aliphatic carbocycles. The van der Waals surface area contributed by atoms with E-state index in [9.17, 15) is 0 Å². The summed E-state index contributed by atoms with van der Waals surface area (Å²) in [4.78, 5) is 37.4. The van der Waals surface area contributed by atoms with Gasteiger partial charge in [0.25, 0.3) is 0 Å². The van der Waals surface area contributed by atoms with Gasteiger partial charge in [0, 0.05) is 33.0 Å². The van der Waals surface area contributed by atoms with Crippen molar-refractivity contribution >= 4 is 33.4 Å². The number of hydrogen-bond acceptors (Lipinski definition) is 6. The highest BCUT2D eigenvalue weighted by molar-refractivity contribution is 6.05. The Hall–Kier alpha value is -5.24. The molecule has 0 saturated carbocycles. The zero-order chi connectivity index (χ0) is 33.7. The van der Waals surface area contributed by atoms with Crippen LogP contribution in [-0.4, -0.2) is 39.9 Å². The van der Waals surface area contributed by atoms with Crippen molar-refractivity contribution in [2.24, 2.45) is 0 Å². The average Bonchev–Trinajstić information content (AvgIpc) is 3.77. The van der Waals surface area contributed by atoms with E-state index in [-0.39, 0.29) is 16.2 Å². The molecule has 8 rings (SSSR count). The Bertz CT molecular complexity index is 2460. The minimum absolute atomic E-state index is 0.0343. The van der Waals surface area contributed by atoms with Crippen molar-refractivity contribution in [3.05, 3.63) is 83.4 Å². The molecule has 2 aliphatic rings. The summed E-state index contributed by atoms with van der Waals surface area (Å²) in [6.45, 7) is 20.0. The second-order valence-electron chi connectivity index (χ2n) is 16.0. The van der Waals surface area contributed by atoms with Crippen molar-refractivity contribution in [1.29, 1.82) is 0 Å². The number of benzene rings is 3. The van der Waals surface area contributed by atoms with Gasteiger partial charge in [-0.1, -0.05) is 98.7 Å². The second-order valence-corrected chi connectivity index (χ2v) is 16.0. The van der Waals surface area contributed by atoms with Crippen LogP contribution in [0.1, 0.15) is 79.0 Å². The third kappa shape index (κ3) is 5.07. The minimum atomic E-state index is -0.0555. The van der Waals surface area contributed by atoms with Crippen LogP contribution in [0, 0.1) is 0 Å². The van der Waals surface area contributed by atoms with Crippen LogP contribution in [0.4, 0.5) is 0 Å². The molecular formula is C40H40N8. The van der Waals surface area contributed by atoms with Gasteiger partial charge >= 0.3 is 0 Å². The highest BCUT2D eigenvalue weighted by atomic mass is 15.1. The predicted molar refractivity (Wildman–Crippen MR) is 195 cm³/mol. The van der Waals surface area contributed by atoms with E-state index < -0.39 is 0 Å². The van der Waals surface area contributed by atoms with Gasteiger partial charge in [0.2, 0.25) is 0 Å². The molecular weight excluding hydrogens is 592 g/mol. The summed E-state index contributed by atoms with van der Waals surface area (Å²) >= 11 is 0. The van der Waals surface area contributed by atoms with Crippen LogP contribution >= 0.6 is 0 Å². The second kappa shape index (κ2) is 10.1. The molecule has 3 aromatic heterocycles. The summed E-state index contributed by atoms with van der Waals surface area (Å²) < 4.78 is 0. The largest absolute Gasteiger partial charge is 0.325 e. The molecule has 3 aromatic carbocycles. The number of hydrogen-bond donors (Lipinski definition) is 2. The standard InChI is InChI=1S/C40H40N8/c1-38(2,3)21-11-14-25-27(18-21)35-43-31-17-16-30(41-31)42-32-24-13-10-22(39(4,5)6)19-28(24)36(44-32)47-34-26-15-12-23(40(7,8)9)20-29(26)37(48-34)46-33(25)45-35/h10-20H,1-9H3,(H2,41,42,43,44,45,46,47,48). The van der Waals surface area contributed by atoms with Gasteiger partial charge in [-0.25, -0.2) is 29.9 Å². The molecule has 0 atom stereocenters. The molecule has 6 aromatic rings. The first-order chi connectivity index (χ1) is 22.6. The van der Waals surface area contributed by atoms with Crippen LogP contribution in [0.3, 0.4) is 0 Å². The lowest BCUT2D eigenvalue weighted by Crippen LogP contribution is -2.11. The Balaban J connectivity index is 1.50. The number of H-pyrrole nitrogens is 2. The number of nitrogens with zero attached hydrogens (tertiary/aromatic N) is 6. The van der Waals surface area contributed by atoms with Gasteiger partial charge in [-0.15, -0.1) is 0 Å². The van der Waals surface area contributed by atoms with Crippen LogP contribution in [0.5, 0.6) is 0 Å². The molecule has 0 radical (unpaired) electrons. The Morgan fingerprint density at radius 1 is 0.375 bits per heavy atom. The molecule has 8 heteroatoms. The topological polar surface area (TPSA) is 109 Å². The van der Waals surface area contributed by atoms with Gasteiger partial charge in [0.05, 0.1) is 0 Å². The van der Waals surface area contributed by atoms with Gasteiger partial charge in [0.1, 0.15) is 22.6 Å². The molecule has 2 N–H and O–H groups in total. The molecule has 8 nitrogen and oxygen atoms in total. The fourth-order valence-electron chi connectivity index (χ4n) is 6.34. The third-order valence-electron chi connectivity index (χ3n) is 9.33. The fraction of sp³-hybridized carbons (Fsp3) is 0.300. The van der Waals surface area contributed by atoms with Crippen molar-refractivity contribution in [2.45, 2.75) is 78.6 Å². The van der Waals surface area contributed by atoms with E-state index >= 15 is 0 Å². The maximum atomic E-state index is 5.21. The molecule has 48 heavy (non-hydrogen) atoms. The Morgan fingerprint density at radius 2 is 0.812 bits per heavy atom. The average molecular weight is 633 g/mol. The van der Waals surface area contributed by atoms with Gasteiger partial charge in [-0.3, -0.25) is 0 Å². The number of aromatic nitrogens is 8. The molecule has 5 heterocycles. The number of rotatable bonds is 0. The van der Waals surface area contributed by atoms with E-state index in [1.807, 2.05) is 12.1 Å². The summed E-state index contributed by atoms with van der Waals surface area (Å²) in [7, 11) is 0. The van der Waals surface area contributed by atoms with E-state index in [2.05, 4.69) is 127 Å². The summed E-state index contributed by atoms with van der Waals surface area (Å²) in [5.41, 5.74) is 10.0. The lowest BCUT2D eigenvalue weighted by atomic mass is 9.85. The first-order valence-corrected chi connectivity index (χ1v) is 16.6. The monoisotopic (exact) mass is 632 g/mol. The Morgan fingerprint density at radius 3 is 1.38 bits per heavy atom. The first-order valence-electron chi connectivity index (χ1n) is 16.6. The van der Waals surface area contributed by atoms with Crippen LogP contribution in [0.2, 0.25) is 0 Å². The maximum Gasteiger partial charge on any atom is 0.164 e. The zero-order valence-corrected chi connectivity index (χ0v) is 29.0. The molecule has 0 unspecified atom stereocenters. The van der Waals surface area contributed by atoms with E-state index in [4.69, 9.17) is 29.9 Å². The van der Waals surface area contributed by atoms with Crippen molar-refractivity contribution < 1.29 is 0 Å². The van der Waals surface area contributed by atoms with Crippen molar-refractivity contribution in [2.75, 3.05) is 0 Å². The van der Waals surface area contributed by atoms with E-state index in [0.717, 1.165) is 38.7 Å². The molecule has 0 fully saturated rings. The van der Waals surface area contributed by atoms with Gasteiger partial charge in [-0.05, 0) is 63.3 Å². The van der Waals surface area contributed by atoms with E-state index in [1.165, 1.54) is 16.7 Å². The SMILES string of the molecule is CC(C)(C)c1ccc2c(c1)-c1nc3nc(nc4ccc(nc5[nH]c(nc-2n1)c1cc(C(C)(C)C)ccc51)[nH]4)-c1cc(C(C)(C)C)ccc1-3. The van der Waals surface area contributed by atoms with Gasteiger partial charge in [-0.2, -0.15) is 0 Å². The van der Waals surface area contributed by atoms with E-state index in [1.54, 1.807) is 0 Å². The van der Waals surface area contributed by atoms with Crippen LogP contribution in [-0.2, 0) is 16.2 Å². The number of nitrogens with one attached hydrogen (secondary N) is 2. The molecule has 0 saturated heterocycles. The molecule has 8 bridgehead atoms. The smallest absolute Gasteiger partial charge is 0.164 e. The molecule has 0 amide bonds. The van der Waals surface area contributed by atoms with Gasteiger partial charge in [0.15, 0.2) is 23.3 Å². The Kier molecular flexibility index (Phi) is 6.36. The summed E-state index contributed by atoms with van der Waals surface area (Å²) in [6.07, 6.45) is 0. The zero-order valence-electron chi connectivity index (χ0n) is 29.0. The van der Waals surface area contributed by atoms with Crippen molar-refractivity contribution in [1.82, 2.24) is 39.9 Å². The quantitative estimate of drug-likeness (QED) is 0.172. The predicted octanol–water partition coefficient (Wildman–Crippen LogP) is 9.61. The summed E-state index contributed by atoms with van der Waals surface area (Å²) in [5.74, 6) is 2.38. The van der Waals surface area contributed by atoms with Crippen LogP contribution < -0.4 is 0 Å². The fourth-order valence-corrected chi connectivity index (χ4v) is 6.34. The van der Waals surface area contributed by atoms with Crippen molar-refractivity contribution in [3.63, 3.8) is 0 Å². The van der Waals surface area contributed by atoms with Crippen LogP contribution in [0.25, 0.3) is 78.9 Å². The lowest BCUT2D eigenvalue weighted by Gasteiger charge is -2.20. The molecule has 240 valence electrons. The molecule has 0 spiro atoms. The number of aromatic amines is 2. The summed E-state index contributed by atoms with van der Waals surface area (Å²) in [6, 6.07) is 23.4. The maximum absolute atomic E-state index is 5.21. The number of fused-ring (bicyclic) bond motifs is 17. The Labute approximate surface area is 280 Å². The van der Waals surface area contributed by atoms with Crippen LogP contribution in [0.15, 0.2) is 66.7 Å². The third-order valence-corrected chi connectivity index (χ3v) is 9.33. The highest BCUT2D eigenvalue weighted by Crippen LogP contribution is 2.41. The van der Waals surface area contributed by atoms with Gasteiger partial charge < -0.3 is 9.97 Å². The normalized spacial score (nSPS) is 13.1. The minimum Gasteiger partial charge on any atom is -0.325 e. The van der Waals surface area contributed by atoms with Crippen molar-refractivity contribution in [3.8, 4) is 45.6 Å².